The predicted molar refractivity (Wildman–Crippen MR) is 69.6 cm³/mol. The zero-order valence-electron chi connectivity index (χ0n) is 11.0. The molecule has 3 heteroatoms. The van der Waals surface area contributed by atoms with E-state index in [2.05, 4.69) is 4.90 Å². The average molecular weight is 238 g/mol. The van der Waals surface area contributed by atoms with Crippen LogP contribution < -0.4 is 5.73 Å². The maximum Gasteiger partial charge on any atom is 0.224 e. The summed E-state index contributed by atoms with van der Waals surface area (Å²) in [7, 11) is 0. The van der Waals surface area contributed by atoms with E-state index in [4.69, 9.17) is 5.73 Å². The van der Waals surface area contributed by atoms with Crippen molar-refractivity contribution in [3.05, 3.63) is 0 Å². The number of carbonyl (C=O) groups is 1. The third kappa shape index (κ3) is 3.21. The van der Waals surface area contributed by atoms with Crippen molar-refractivity contribution in [2.24, 2.45) is 11.7 Å². The molecule has 0 radical (unpaired) electrons. The van der Waals surface area contributed by atoms with Gasteiger partial charge in [-0.05, 0) is 38.5 Å². The van der Waals surface area contributed by atoms with Gasteiger partial charge in [-0.15, -0.1) is 0 Å². The first-order chi connectivity index (χ1) is 8.18. The van der Waals surface area contributed by atoms with Gasteiger partial charge in [-0.1, -0.05) is 19.3 Å². The number of hydrogen-bond acceptors (Lipinski definition) is 2. The summed E-state index contributed by atoms with van der Waals surface area (Å²) in [5.74, 6) is 1.05. The number of rotatable bonds is 3. The average Bonchev–Trinajstić information content (AvgIpc) is 2.78. The molecule has 1 aliphatic heterocycles. The van der Waals surface area contributed by atoms with Gasteiger partial charge in [-0.3, -0.25) is 4.79 Å². The van der Waals surface area contributed by atoms with Gasteiger partial charge in [0.05, 0.1) is 0 Å². The van der Waals surface area contributed by atoms with Gasteiger partial charge in [-0.25, -0.2) is 0 Å². The normalized spacial score (nSPS) is 28.4. The molecule has 2 unspecified atom stereocenters. The smallest absolute Gasteiger partial charge is 0.224 e. The zero-order chi connectivity index (χ0) is 12.3. The second-order valence-corrected chi connectivity index (χ2v) is 5.88. The molecule has 1 amide bonds. The van der Waals surface area contributed by atoms with Crippen LogP contribution in [-0.2, 0) is 4.79 Å². The summed E-state index contributed by atoms with van der Waals surface area (Å²) >= 11 is 0. The molecule has 2 aliphatic rings. The Balaban J connectivity index is 1.93. The van der Waals surface area contributed by atoms with E-state index in [9.17, 15) is 4.79 Å². The largest absolute Gasteiger partial charge is 0.339 e. The molecule has 0 aromatic carbocycles. The predicted octanol–water partition coefficient (Wildman–Crippen LogP) is 2.29. The molecule has 1 saturated carbocycles. The summed E-state index contributed by atoms with van der Waals surface area (Å²) in [6, 6.07) is 0.525. The van der Waals surface area contributed by atoms with Crippen LogP contribution in [0.4, 0.5) is 0 Å². The Morgan fingerprint density at radius 2 is 1.94 bits per heavy atom. The third-order valence-electron chi connectivity index (χ3n) is 4.31. The molecule has 2 atom stereocenters. The Morgan fingerprint density at radius 1 is 1.24 bits per heavy atom. The Hall–Kier alpha value is -0.570. The Kier molecular flexibility index (Phi) is 4.43. The monoisotopic (exact) mass is 238 g/mol. The van der Waals surface area contributed by atoms with Crippen LogP contribution in [0.2, 0.25) is 0 Å². The molecule has 1 heterocycles. The highest BCUT2D eigenvalue weighted by atomic mass is 16.2. The molecule has 17 heavy (non-hydrogen) atoms. The molecule has 1 saturated heterocycles. The summed E-state index contributed by atoms with van der Waals surface area (Å²) in [6.07, 6.45) is 9.67. The van der Waals surface area contributed by atoms with Crippen molar-refractivity contribution in [3.8, 4) is 0 Å². The van der Waals surface area contributed by atoms with Crippen molar-refractivity contribution in [3.63, 3.8) is 0 Å². The van der Waals surface area contributed by atoms with Crippen LogP contribution >= 0.6 is 0 Å². The third-order valence-corrected chi connectivity index (χ3v) is 4.31. The van der Waals surface area contributed by atoms with Gasteiger partial charge < -0.3 is 10.6 Å². The molecular formula is C14H26N2O. The van der Waals surface area contributed by atoms with E-state index in [0.717, 1.165) is 12.5 Å². The van der Waals surface area contributed by atoms with Gasteiger partial charge in [0.1, 0.15) is 0 Å². The highest BCUT2D eigenvalue weighted by molar-refractivity contribution is 5.77. The van der Waals surface area contributed by atoms with Gasteiger partial charge in [0.15, 0.2) is 0 Å². The summed E-state index contributed by atoms with van der Waals surface area (Å²) in [6.45, 7) is 2.89. The minimum absolute atomic E-state index is 0.00453. The molecule has 0 aromatic heterocycles. The molecule has 2 N–H and O–H groups in total. The summed E-state index contributed by atoms with van der Waals surface area (Å²) < 4.78 is 0. The number of carbonyl (C=O) groups excluding carboxylic acids is 1. The molecule has 1 aliphatic carbocycles. The Labute approximate surface area is 105 Å². The SMILES string of the molecule is CC(N)CC(=O)N1CCCC1C1CCCCC1. The van der Waals surface area contributed by atoms with Crippen molar-refractivity contribution in [1.29, 1.82) is 0 Å². The van der Waals surface area contributed by atoms with Crippen molar-refractivity contribution in [2.45, 2.75) is 70.4 Å². The lowest BCUT2D eigenvalue weighted by Gasteiger charge is -2.34. The van der Waals surface area contributed by atoms with E-state index in [1.807, 2.05) is 6.92 Å². The van der Waals surface area contributed by atoms with Crippen LogP contribution in [0.3, 0.4) is 0 Å². The van der Waals surface area contributed by atoms with E-state index in [-0.39, 0.29) is 11.9 Å². The highest BCUT2D eigenvalue weighted by Gasteiger charge is 2.34. The summed E-state index contributed by atoms with van der Waals surface area (Å²) in [5, 5.41) is 0. The van der Waals surface area contributed by atoms with Crippen LogP contribution in [-0.4, -0.2) is 29.4 Å². The summed E-state index contributed by atoms with van der Waals surface area (Å²) in [4.78, 5) is 14.3. The molecule has 2 fully saturated rings. The highest BCUT2D eigenvalue weighted by Crippen LogP contribution is 2.34. The van der Waals surface area contributed by atoms with E-state index >= 15 is 0 Å². The topological polar surface area (TPSA) is 46.3 Å². The van der Waals surface area contributed by atoms with Gasteiger partial charge >= 0.3 is 0 Å². The molecule has 98 valence electrons. The van der Waals surface area contributed by atoms with Crippen LogP contribution in [0.5, 0.6) is 0 Å². The van der Waals surface area contributed by atoms with Gasteiger partial charge in [0.25, 0.3) is 0 Å². The van der Waals surface area contributed by atoms with Gasteiger partial charge in [0.2, 0.25) is 5.91 Å². The second kappa shape index (κ2) is 5.85. The van der Waals surface area contributed by atoms with Crippen LogP contribution in [0, 0.1) is 5.92 Å². The second-order valence-electron chi connectivity index (χ2n) is 5.88. The van der Waals surface area contributed by atoms with Gasteiger partial charge in [0, 0.05) is 25.0 Å². The first kappa shape index (κ1) is 12.9. The fourth-order valence-electron chi connectivity index (χ4n) is 3.50. The quantitative estimate of drug-likeness (QED) is 0.820. The number of likely N-dealkylation sites (tertiary alicyclic amines) is 1. The Bertz CT molecular complexity index is 259. The molecule has 2 rings (SSSR count). The standard InChI is InChI=1S/C14H26N2O/c1-11(15)10-14(17)16-9-5-8-13(16)12-6-3-2-4-7-12/h11-13H,2-10,15H2,1H3. The fraction of sp³-hybridized carbons (Fsp3) is 0.929. The number of amides is 1. The number of nitrogens with two attached hydrogens (primary N) is 1. The lowest BCUT2D eigenvalue weighted by molar-refractivity contribution is -0.133. The first-order valence-electron chi connectivity index (χ1n) is 7.23. The Morgan fingerprint density at radius 3 is 2.59 bits per heavy atom. The van der Waals surface area contributed by atoms with Crippen LogP contribution in [0.15, 0.2) is 0 Å². The van der Waals surface area contributed by atoms with E-state index in [0.29, 0.717) is 12.5 Å². The number of nitrogens with zero attached hydrogens (tertiary/aromatic N) is 1. The minimum atomic E-state index is -0.00453. The lowest BCUT2D eigenvalue weighted by atomic mass is 9.83. The van der Waals surface area contributed by atoms with E-state index < -0.39 is 0 Å². The van der Waals surface area contributed by atoms with Crippen LogP contribution in [0.25, 0.3) is 0 Å². The maximum absolute atomic E-state index is 12.2. The molecule has 3 nitrogen and oxygen atoms in total. The van der Waals surface area contributed by atoms with Crippen molar-refractivity contribution in [2.75, 3.05) is 6.54 Å². The number of hydrogen-bond donors (Lipinski definition) is 1. The van der Waals surface area contributed by atoms with Crippen molar-refractivity contribution in [1.82, 2.24) is 4.90 Å². The van der Waals surface area contributed by atoms with Crippen LogP contribution in [0.1, 0.15) is 58.3 Å². The maximum atomic E-state index is 12.2. The molecule has 0 aromatic rings. The van der Waals surface area contributed by atoms with Gasteiger partial charge in [-0.2, -0.15) is 0 Å². The fourth-order valence-corrected chi connectivity index (χ4v) is 3.50. The molecule has 0 bridgehead atoms. The summed E-state index contributed by atoms with van der Waals surface area (Å²) in [5.41, 5.74) is 5.74. The first-order valence-corrected chi connectivity index (χ1v) is 7.23. The van der Waals surface area contributed by atoms with Crippen molar-refractivity contribution < 1.29 is 4.79 Å². The molecular weight excluding hydrogens is 212 g/mol. The minimum Gasteiger partial charge on any atom is -0.339 e. The lowest BCUT2D eigenvalue weighted by Crippen LogP contribution is -2.42. The van der Waals surface area contributed by atoms with Crippen molar-refractivity contribution >= 4 is 5.91 Å². The zero-order valence-corrected chi connectivity index (χ0v) is 11.0. The van der Waals surface area contributed by atoms with E-state index in [1.54, 1.807) is 0 Å². The van der Waals surface area contributed by atoms with E-state index in [1.165, 1.54) is 44.9 Å². The molecule has 0 spiro atoms.